The van der Waals surface area contributed by atoms with Crippen LogP contribution >= 0.6 is 11.6 Å². The Labute approximate surface area is 154 Å². The maximum atomic E-state index is 13.7. The summed E-state index contributed by atoms with van der Waals surface area (Å²) in [4.78, 5) is 14.3. The van der Waals surface area contributed by atoms with Gasteiger partial charge in [0.1, 0.15) is 0 Å². The van der Waals surface area contributed by atoms with Crippen LogP contribution in [-0.4, -0.2) is 33.7 Å². The largest absolute Gasteiger partial charge is 0.434 e. The fourth-order valence-corrected chi connectivity index (χ4v) is 3.39. The second kappa shape index (κ2) is 7.70. The summed E-state index contributed by atoms with van der Waals surface area (Å²) in [5.41, 5.74) is -1.32. The van der Waals surface area contributed by atoms with E-state index in [9.17, 15) is 18.0 Å². The van der Waals surface area contributed by atoms with Crippen LogP contribution in [0.1, 0.15) is 48.2 Å². The van der Waals surface area contributed by atoms with Gasteiger partial charge in [0.25, 0.3) is 5.91 Å². The number of carbonyl (C=O) groups excluding carboxylic acids is 1. The molecule has 0 saturated carbocycles. The monoisotopic (exact) mass is 385 g/mol. The summed E-state index contributed by atoms with van der Waals surface area (Å²) in [5, 5.41) is 4.14. The number of rotatable bonds is 2. The van der Waals surface area contributed by atoms with E-state index in [0.29, 0.717) is 18.1 Å². The molecule has 0 radical (unpaired) electrons. The van der Waals surface area contributed by atoms with Crippen molar-refractivity contribution < 1.29 is 18.0 Å². The third-order valence-corrected chi connectivity index (χ3v) is 4.70. The van der Waals surface area contributed by atoms with Gasteiger partial charge in [0.2, 0.25) is 0 Å². The second-order valence-corrected chi connectivity index (χ2v) is 6.79. The molecule has 2 heterocycles. The van der Waals surface area contributed by atoms with Crippen molar-refractivity contribution in [3.63, 3.8) is 0 Å². The van der Waals surface area contributed by atoms with Gasteiger partial charge in [-0.3, -0.25) is 4.79 Å². The number of hydrogen-bond donors (Lipinski definition) is 0. The highest BCUT2D eigenvalue weighted by Crippen LogP contribution is 2.34. The number of aromatic nitrogens is 2. The van der Waals surface area contributed by atoms with Crippen LogP contribution in [0.3, 0.4) is 0 Å². The highest BCUT2D eigenvalue weighted by Gasteiger charge is 2.41. The van der Waals surface area contributed by atoms with Crippen molar-refractivity contribution in [2.24, 2.45) is 0 Å². The minimum absolute atomic E-state index is 0.163. The number of alkyl halides is 3. The Balaban J connectivity index is 2.00. The van der Waals surface area contributed by atoms with Gasteiger partial charge in [-0.2, -0.15) is 18.3 Å². The van der Waals surface area contributed by atoms with Crippen molar-refractivity contribution in [1.82, 2.24) is 14.7 Å². The van der Waals surface area contributed by atoms with E-state index in [0.717, 1.165) is 43.0 Å². The normalized spacial score (nSPS) is 16.2. The van der Waals surface area contributed by atoms with Crippen molar-refractivity contribution in [2.45, 2.75) is 38.3 Å². The number of amides is 1. The predicted molar refractivity (Wildman–Crippen MR) is 92.6 cm³/mol. The number of carbonyl (C=O) groups is 1. The standard InChI is InChI=1S/C18H19ClF3N3O/c19-13-7-6-8-14(11-13)25-16(18(20,21)22)15(12-23-25)17(26)24-9-4-2-1-3-5-10-24/h6-8,11-12H,1-5,9-10H2. The molecular weight excluding hydrogens is 367 g/mol. The van der Waals surface area contributed by atoms with E-state index >= 15 is 0 Å². The van der Waals surface area contributed by atoms with Crippen molar-refractivity contribution >= 4 is 17.5 Å². The molecule has 3 rings (SSSR count). The van der Waals surface area contributed by atoms with Crippen molar-refractivity contribution in [3.05, 3.63) is 46.7 Å². The average molecular weight is 386 g/mol. The van der Waals surface area contributed by atoms with Gasteiger partial charge in [0.15, 0.2) is 5.69 Å². The number of halogens is 4. The van der Waals surface area contributed by atoms with Crippen LogP contribution in [-0.2, 0) is 6.18 Å². The molecule has 1 aliphatic heterocycles. The predicted octanol–water partition coefficient (Wildman–Crippen LogP) is 4.95. The van der Waals surface area contributed by atoms with Crippen LogP contribution in [0.5, 0.6) is 0 Å². The van der Waals surface area contributed by atoms with Crippen LogP contribution in [0.2, 0.25) is 5.02 Å². The van der Waals surface area contributed by atoms with E-state index in [-0.39, 0.29) is 5.69 Å². The minimum Gasteiger partial charge on any atom is -0.339 e. The van der Waals surface area contributed by atoms with Gasteiger partial charge < -0.3 is 4.90 Å². The molecule has 140 valence electrons. The smallest absolute Gasteiger partial charge is 0.339 e. The first-order valence-corrected chi connectivity index (χ1v) is 8.96. The molecule has 0 atom stereocenters. The molecule has 1 aromatic carbocycles. The maximum Gasteiger partial charge on any atom is 0.434 e. The molecule has 0 spiro atoms. The highest BCUT2D eigenvalue weighted by atomic mass is 35.5. The lowest BCUT2D eigenvalue weighted by Crippen LogP contribution is -2.35. The molecule has 4 nitrogen and oxygen atoms in total. The van der Waals surface area contributed by atoms with Crippen LogP contribution in [0, 0.1) is 0 Å². The summed E-state index contributed by atoms with van der Waals surface area (Å²) < 4.78 is 41.9. The lowest BCUT2D eigenvalue weighted by atomic mass is 10.1. The lowest BCUT2D eigenvalue weighted by molar-refractivity contribution is -0.143. The average Bonchev–Trinajstić information content (AvgIpc) is 2.99. The summed E-state index contributed by atoms with van der Waals surface area (Å²) in [6.07, 6.45) is 0.959. The Bertz CT molecular complexity index is 780. The van der Waals surface area contributed by atoms with E-state index in [1.807, 2.05) is 0 Å². The fraction of sp³-hybridized carbons (Fsp3) is 0.444. The highest BCUT2D eigenvalue weighted by molar-refractivity contribution is 6.30. The van der Waals surface area contributed by atoms with Gasteiger partial charge in [-0.15, -0.1) is 0 Å². The number of likely N-dealkylation sites (tertiary alicyclic amines) is 1. The summed E-state index contributed by atoms with van der Waals surface area (Å²) in [6.45, 7) is 0.941. The molecule has 1 saturated heterocycles. The molecule has 1 fully saturated rings. The van der Waals surface area contributed by atoms with Crippen molar-refractivity contribution in [2.75, 3.05) is 13.1 Å². The topological polar surface area (TPSA) is 38.1 Å². The molecule has 8 heteroatoms. The summed E-state index contributed by atoms with van der Waals surface area (Å²) in [5.74, 6) is -0.618. The van der Waals surface area contributed by atoms with Gasteiger partial charge in [0, 0.05) is 18.1 Å². The third kappa shape index (κ3) is 4.03. The Morgan fingerprint density at radius 3 is 2.35 bits per heavy atom. The first-order valence-electron chi connectivity index (χ1n) is 8.58. The Morgan fingerprint density at radius 2 is 1.73 bits per heavy atom. The van der Waals surface area contributed by atoms with E-state index in [4.69, 9.17) is 11.6 Å². The van der Waals surface area contributed by atoms with Crippen LogP contribution in [0.25, 0.3) is 5.69 Å². The molecule has 1 amide bonds. The van der Waals surface area contributed by atoms with Crippen LogP contribution in [0.4, 0.5) is 13.2 Å². The van der Waals surface area contributed by atoms with E-state index in [1.165, 1.54) is 17.0 Å². The van der Waals surface area contributed by atoms with E-state index < -0.39 is 23.3 Å². The second-order valence-electron chi connectivity index (χ2n) is 6.36. The molecule has 0 N–H and O–H groups in total. The zero-order valence-electron chi connectivity index (χ0n) is 14.1. The number of benzene rings is 1. The van der Waals surface area contributed by atoms with Crippen LogP contribution in [0.15, 0.2) is 30.5 Å². The van der Waals surface area contributed by atoms with Gasteiger partial charge in [-0.1, -0.05) is 36.9 Å². The first-order chi connectivity index (χ1) is 12.4. The maximum absolute atomic E-state index is 13.7. The quantitative estimate of drug-likeness (QED) is 0.733. The van der Waals surface area contributed by atoms with Crippen molar-refractivity contribution in [1.29, 1.82) is 0 Å². The Kier molecular flexibility index (Phi) is 5.55. The molecular formula is C18H19ClF3N3O. The van der Waals surface area contributed by atoms with Gasteiger partial charge >= 0.3 is 6.18 Å². The van der Waals surface area contributed by atoms with Gasteiger partial charge in [-0.05, 0) is 31.0 Å². The van der Waals surface area contributed by atoms with Crippen LogP contribution < -0.4 is 0 Å². The Hall–Kier alpha value is -2.02. The molecule has 26 heavy (non-hydrogen) atoms. The molecule has 1 aliphatic rings. The Morgan fingerprint density at radius 1 is 1.08 bits per heavy atom. The number of nitrogens with zero attached hydrogens (tertiary/aromatic N) is 3. The van der Waals surface area contributed by atoms with Gasteiger partial charge in [-0.25, -0.2) is 4.68 Å². The first kappa shape index (κ1) is 18.8. The van der Waals surface area contributed by atoms with E-state index in [1.54, 1.807) is 12.1 Å². The van der Waals surface area contributed by atoms with Crippen molar-refractivity contribution in [3.8, 4) is 5.69 Å². The molecule has 1 aromatic heterocycles. The summed E-state index contributed by atoms with van der Waals surface area (Å²) >= 11 is 5.89. The zero-order chi connectivity index (χ0) is 18.7. The SMILES string of the molecule is O=C(c1cnn(-c2cccc(Cl)c2)c1C(F)(F)F)N1CCCCCCC1. The minimum atomic E-state index is -4.72. The fourth-order valence-electron chi connectivity index (χ4n) is 3.20. The van der Waals surface area contributed by atoms with Gasteiger partial charge in [0.05, 0.1) is 17.4 Å². The molecule has 0 bridgehead atoms. The summed E-state index contributed by atoms with van der Waals surface area (Å²) in [7, 11) is 0. The third-order valence-electron chi connectivity index (χ3n) is 4.46. The summed E-state index contributed by atoms with van der Waals surface area (Å²) in [6, 6.07) is 5.96. The number of hydrogen-bond acceptors (Lipinski definition) is 2. The molecule has 2 aromatic rings. The molecule has 0 aliphatic carbocycles. The van der Waals surface area contributed by atoms with E-state index in [2.05, 4.69) is 5.10 Å². The molecule has 0 unspecified atom stereocenters. The zero-order valence-corrected chi connectivity index (χ0v) is 14.9. The lowest BCUT2D eigenvalue weighted by Gasteiger charge is -2.25.